The van der Waals surface area contributed by atoms with E-state index in [4.69, 9.17) is 4.74 Å². The summed E-state index contributed by atoms with van der Waals surface area (Å²) in [4.78, 5) is 8.43. The van der Waals surface area contributed by atoms with Gasteiger partial charge in [0, 0.05) is 24.0 Å². The number of ether oxygens (including phenoxy) is 1. The van der Waals surface area contributed by atoms with Gasteiger partial charge in [-0.1, -0.05) is 0 Å². The Morgan fingerprint density at radius 3 is 2.87 bits per heavy atom. The van der Waals surface area contributed by atoms with E-state index in [1.54, 1.807) is 33.9 Å². The summed E-state index contributed by atoms with van der Waals surface area (Å²) in [5, 5.41) is 25.7. The lowest BCUT2D eigenvalue weighted by Gasteiger charge is -2.17. The van der Waals surface area contributed by atoms with Crippen LogP contribution in [0.3, 0.4) is 0 Å². The van der Waals surface area contributed by atoms with E-state index in [1.165, 1.54) is 6.33 Å². The number of aryl methyl sites for hydroxylation is 1. The first kappa shape index (κ1) is 14.3. The second kappa shape index (κ2) is 5.41. The fourth-order valence-corrected chi connectivity index (χ4v) is 3.01. The van der Waals surface area contributed by atoms with Crippen molar-refractivity contribution in [2.24, 2.45) is 0 Å². The molecule has 3 aromatic rings. The Morgan fingerprint density at radius 1 is 1.22 bits per heavy atom. The molecule has 0 amide bonds. The normalized spacial score (nSPS) is 27.8. The van der Waals surface area contributed by atoms with Crippen LogP contribution in [0.5, 0.6) is 0 Å². The molecule has 23 heavy (non-hydrogen) atoms. The van der Waals surface area contributed by atoms with Crippen LogP contribution in [0.4, 0.5) is 0 Å². The van der Waals surface area contributed by atoms with Gasteiger partial charge in [0.05, 0.1) is 12.2 Å². The zero-order chi connectivity index (χ0) is 16.0. The molecule has 0 aliphatic carbocycles. The van der Waals surface area contributed by atoms with Crippen LogP contribution in [-0.2, 0) is 11.3 Å². The second-order valence-corrected chi connectivity index (χ2v) is 5.69. The van der Waals surface area contributed by atoms with Gasteiger partial charge in [-0.2, -0.15) is 5.10 Å². The highest BCUT2D eigenvalue weighted by Crippen LogP contribution is 2.32. The molecule has 4 atom stereocenters. The summed E-state index contributed by atoms with van der Waals surface area (Å²) in [6, 6.07) is 3.68. The van der Waals surface area contributed by atoms with Gasteiger partial charge >= 0.3 is 0 Å². The largest absolute Gasteiger partial charge is 0.387 e. The first-order valence-corrected chi connectivity index (χ1v) is 7.42. The molecule has 4 heterocycles. The lowest BCUT2D eigenvalue weighted by Crippen LogP contribution is -2.33. The van der Waals surface area contributed by atoms with Crippen LogP contribution in [0.15, 0.2) is 37.1 Å². The smallest absolute Gasteiger partial charge is 0.164 e. The monoisotopic (exact) mass is 315 g/mol. The predicted octanol–water partition coefficient (Wildman–Crippen LogP) is 0.256. The van der Waals surface area contributed by atoms with E-state index in [0.717, 1.165) is 11.1 Å². The fraction of sp³-hybridized carbons (Fsp3) is 0.400. The van der Waals surface area contributed by atoms with Crippen molar-refractivity contribution < 1.29 is 14.9 Å². The SMILES string of the molecule is Cc1ncnc2c1ccn2[C@@H]1O[C@H](Cn2cccn2)[C@@H](O)[C@H]1O. The standard InChI is InChI=1S/C15H17N5O3/c1-9-10-3-6-20(14(10)17-8-16-9)15-13(22)12(21)11(23-15)7-19-5-2-4-18-19/h2-6,8,11-13,15,21-22H,7H2,1H3/t11-,12-,13-,15-/m1/s1. The van der Waals surface area contributed by atoms with Crippen LogP contribution in [0.1, 0.15) is 11.9 Å². The molecule has 120 valence electrons. The van der Waals surface area contributed by atoms with Gasteiger partial charge in [0.1, 0.15) is 30.3 Å². The molecular weight excluding hydrogens is 298 g/mol. The number of rotatable bonds is 3. The summed E-state index contributed by atoms with van der Waals surface area (Å²) in [6.07, 6.45) is 3.45. The fourth-order valence-electron chi connectivity index (χ4n) is 3.01. The topological polar surface area (TPSA) is 98.2 Å². The maximum absolute atomic E-state index is 10.4. The summed E-state index contributed by atoms with van der Waals surface area (Å²) in [5.41, 5.74) is 1.53. The van der Waals surface area contributed by atoms with E-state index in [9.17, 15) is 10.2 Å². The van der Waals surface area contributed by atoms with Gasteiger partial charge in [-0.3, -0.25) is 4.68 Å². The molecule has 0 unspecified atom stereocenters. The van der Waals surface area contributed by atoms with E-state index in [2.05, 4.69) is 15.1 Å². The van der Waals surface area contributed by atoms with Gasteiger partial charge in [-0.25, -0.2) is 9.97 Å². The Hall–Kier alpha value is -2.29. The minimum Gasteiger partial charge on any atom is -0.387 e. The van der Waals surface area contributed by atoms with Crippen molar-refractivity contribution in [3.63, 3.8) is 0 Å². The first-order chi connectivity index (χ1) is 11.1. The number of hydrogen-bond donors (Lipinski definition) is 2. The highest BCUT2D eigenvalue weighted by Gasteiger charge is 2.44. The quantitative estimate of drug-likeness (QED) is 0.719. The van der Waals surface area contributed by atoms with E-state index < -0.39 is 24.5 Å². The number of aliphatic hydroxyl groups is 2. The summed E-state index contributed by atoms with van der Waals surface area (Å²) < 4.78 is 9.30. The molecule has 0 saturated carbocycles. The van der Waals surface area contributed by atoms with Crippen LogP contribution in [0.2, 0.25) is 0 Å². The van der Waals surface area contributed by atoms with Crippen LogP contribution in [0, 0.1) is 6.92 Å². The minimum atomic E-state index is -1.04. The highest BCUT2D eigenvalue weighted by atomic mass is 16.6. The maximum atomic E-state index is 10.4. The summed E-state index contributed by atoms with van der Waals surface area (Å²) in [6.45, 7) is 2.27. The van der Waals surface area contributed by atoms with Crippen LogP contribution >= 0.6 is 0 Å². The summed E-state index contributed by atoms with van der Waals surface area (Å²) >= 11 is 0. The third kappa shape index (κ3) is 2.31. The Morgan fingerprint density at radius 2 is 2.09 bits per heavy atom. The summed E-state index contributed by atoms with van der Waals surface area (Å²) in [5.74, 6) is 0. The van der Waals surface area contributed by atoms with Crippen molar-refractivity contribution in [1.29, 1.82) is 0 Å². The number of aromatic nitrogens is 5. The first-order valence-electron chi connectivity index (χ1n) is 7.42. The Kier molecular flexibility index (Phi) is 3.37. The van der Waals surface area contributed by atoms with Crippen molar-refractivity contribution in [2.75, 3.05) is 0 Å². The lowest BCUT2D eigenvalue weighted by atomic mass is 10.1. The molecule has 0 bridgehead atoms. The van der Waals surface area contributed by atoms with Gasteiger partial charge in [-0.15, -0.1) is 0 Å². The highest BCUT2D eigenvalue weighted by molar-refractivity contribution is 5.78. The summed E-state index contributed by atoms with van der Waals surface area (Å²) in [7, 11) is 0. The van der Waals surface area contributed by atoms with Crippen LogP contribution < -0.4 is 0 Å². The Bertz CT molecular complexity index is 816. The average molecular weight is 315 g/mol. The van der Waals surface area contributed by atoms with Crippen LogP contribution in [0.25, 0.3) is 11.0 Å². The van der Waals surface area contributed by atoms with Gasteiger partial charge in [0.2, 0.25) is 0 Å². The van der Waals surface area contributed by atoms with Gasteiger partial charge in [0.15, 0.2) is 6.23 Å². The minimum absolute atomic E-state index is 0.370. The molecule has 0 spiro atoms. The molecule has 2 N–H and O–H groups in total. The molecule has 1 aliphatic rings. The molecule has 0 radical (unpaired) electrons. The number of aliphatic hydroxyl groups excluding tert-OH is 2. The second-order valence-electron chi connectivity index (χ2n) is 5.69. The molecule has 1 saturated heterocycles. The Labute approximate surface area is 132 Å². The third-order valence-electron chi connectivity index (χ3n) is 4.25. The lowest BCUT2D eigenvalue weighted by molar-refractivity contribution is -0.0399. The zero-order valence-electron chi connectivity index (χ0n) is 12.5. The predicted molar refractivity (Wildman–Crippen MR) is 80.4 cm³/mol. The van der Waals surface area contributed by atoms with Crippen molar-refractivity contribution in [1.82, 2.24) is 24.3 Å². The van der Waals surface area contributed by atoms with E-state index in [-0.39, 0.29) is 0 Å². The van der Waals surface area contributed by atoms with Gasteiger partial charge in [-0.05, 0) is 19.1 Å². The van der Waals surface area contributed by atoms with Crippen molar-refractivity contribution in [2.45, 2.75) is 38.0 Å². The molecule has 3 aromatic heterocycles. The van der Waals surface area contributed by atoms with Crippen molar-refractivity contribution in [3.05, 3.63) is 42.7 Å². The van der Waals surface area contributed by atoms with E-state index in [1.807, 2.05) is 13.0 Å². The number of nitrogens with zero attached hydrogens (tertiary/aromatic N) is 5. The Balaban J connectivity index is 1.64. The molecule has 4 rings (SSSR count). The van der Waals surface area contributed by atoms with Crippen LogP contribution in [-0.4, -0.2) is 52.8 Å². The molecule has 8 nitrogen and oxygen atoms in total. The van der Waals surface area contributed by atoms with Crippen molar-refractivity contribution >= 4 is 11.0 Å². The van der Waals surface area contributed by atoms with Gasteiger partial charge in [0.25, 0.3) is 0 Å². The molecule has 1 aliphatic heterocycles. The maximum Gasteiger partial charge on any atom is 0.164 e. The third-order valence-corrected chi connectivity index (χ3v) is 4.25. The van der Waals surface area contributed by atoms with E-state index >= 15 is 0 Å². The molecule has 8 heteroatoms. The number of fused-ring (bicyclic) bond motifs is 1. The van der Waals surface area contributed by atoms with Gasteiger partial charge < -0.3 is 19.5 Å². The average Bonchev–Trinajstić information content (AvgIpc) is 3.24. The van der Waals surface area contributed by atoms with Crippen molar-refractivity contribution in [3.8, 4) is 0 Å². The zero-order valence-corrected chi connectivity index (χ0v) is 12.5. The van der Waals surface area contributed by atoms with E-state index in [0.29, 0.717) is 12.2 Å². The molecule has 0 aromatic carbocycles. The number of hydrogen-bond acceptors (Lipinski definition) is 6. The molecular formula is C15H17N5O3. The molecule has 1 fully saturated rings.